The third kappa shape index (κ3) is 4.86. The average Bonchev–Trinajstić information content (AvgIpc) is 2.36. The molecule has 1 atom stereocenters. The van der Waals surface area contributed by atoms with Crippen LogP contribution in [-0.4, -0.2) is 22.7 Å². The van der Waals surface area contributed by atoms with Crippen LogP contribution in [-0.2, 0) is 4.74 Å². The fourth-order valence-electron chi connectivity index (χ4n) is 2.72. The molecule has 1 aliphatic carbocycles. The van der Waals surface area contributed by atoms with E-state index in [1.165, 1.54) is 11.1 Å². The summed E-state index contributed by atoms with van der Waals surface area (Å²) in [7, 11) is 0. The molecule has 0 fully saturated rings. The molecular formula is C18H26N2O2. The molecule has 1 N–H and O–H groups in total. The third-order valence-corrected chi connectivity index (χ3v) is 3.58. The van der Waals surface area contributed by atoms with Gasteiger partial charge in [0.1, 0.15) is 5.60 Å². The van der Waals surface area contributed by atoms with Crippen molar-refractivity contribution in [1.29, 1.82) is 0 Å². The number of ether oxygens (including phenoxy) is 1. The second kappa shape index (κ2) is 6.51. The van der Waals surface area contributed by atoms with Crippen LogP contribution in [0, 0.1) is 13.8 Å². The molecular weight excluding hydrogens is 276 g/mol. The van der Waals surface area contributed by atoms with Crippen LogP contribution in [0.5, 0.6) is 0 Å². The summed E-state index contributed by atoms with van der Waals surface area (Å²) in [5.74, 6) is 0. The highest BCUT2D eigenvalue weighted by molar-refractivity contribution is 5.70. The lowest BCUT2D eigenvalue weighted by Crippen LogP contribution is -2.39. The Balaban J connectivity index is 1.96. The summed E-state index contributed by atoms with van der Waals surface area (Å²) in [6.07, 6.45) is 4.63. The average molecular weight is 302 g/mol. The normalized spacial score (nSPS) is 18.6. The number of hydrogen-bond acceptors (Lipinski definition) is 3. The van der Waals surface area contributed by atoms with Gasteiger partial charge in [-0.15, -0.1) is 0 Å². The van der Waals surface area contributed by atoms with E-state index in [2.05, 4.69) is 28.5 Å². The van der Waals surface area contributed by atoms with Crippen molar-refractivity contribution in [1.82, 2.24) is 10.3 Å². The zero-order valence-electron chi connectivity index (χ0n) is 14.2. The van der Waals surface area contributed by atoms with E-state index in [0.29, 0.717) is 0 Å². The number of rotatable bonds is 2. The van der Waals surface area contributed by atoms with Crippen molar-refractivity contribution in [3.8, 4) is 0 Å². The monoisotopic (exact) mass is 302 g/mol. The van der Waals surface area contributed by atoms with Crippen LogP contribution in [0.1, 0.15) is 57.0 Å². The van der Waals surface area contributed by atoms with Crippen molar-refractivity contribution < 1.29 is 9.53 Å². The molecule has 1 aromatic heterocycles. The Bertz CT molecular complexity index is 565. The lowest BCUT2D eigenvalue weighted by Gasteiger charge is -2.26. The molecule has 0 saturated heterocycles. The summed E-state index contributed by atoms with van der Waals surface area (Å²) in [5, 5.41) is 2.95. The van der Waals surface area contributed by atoms with E-state index in [1.807, 2.05) is 34.6 Å². The van der Waals surface area contributed by atoms with Crippen LogP contribution >= 0.6 is 0 Å². The highest BCUT2D eigenvalue weighted by Crippen LogP contribution is 2.27. The number of pyridine rings is 1. The molecule has 1 aromatic rings. The predicted molar refractivity (Wildman–Crippen MR) is 88.7 cm³/mol. The SMILES string of the molecule is Cc1cc(C2=CCC(NC(=O)OC(C)(C)C)CC2)cc(C)n1. The number of carbonyl (C=O) groups is 1. The summed E-state index contributed by atoms with van der Waals surface area (Å²) in [6.45, 7) is 9.66. The van der Waals surface area contributed by atoms with E-state index in [0.717, 1.165) is 30.7 Å². The molecule has 1 aliphatic rings. The molecule has 2 rings (SSSR count). The Morgan fingerprint density at radius 3 is 2.41 bits per heavy atom. The Morgan fingerprint density at radius 2 is 1.91 bits per heavy atom. The number of alkyl carbamates (subject to hydrolysis) is 1. The van der Waals surface area contributed by atoms with Crippen molar-refractivity contribution in [3.05, 3.63) is 35.2 Å². The van der Waals surface area contributed by atoms with Crippen molar-refractivity contribution in [2.45, 2.75) is 65.5 Å². The fraction of sp³-hybridized carbons (Fsp3) is 0.556. The van der Waals surface area contributed by atoms with E-state index in [9.17, 15) is 4.79 Å². The van der Waals surface area contributed by atoms with Crippen LogP contribution in [0.3, 0.4) is 0 Å². The van der Waals surface area contributed by atoms with E-state index >= 15 is 0 Å². The molecule has 4 nitrogen and oxygen atoms in total. The first kappa shape index (κ1) is 16.5. The number of aromatic nitrogens is 1. The maximum atomic E-state index is 11.8. The molecule has 0 bridgehead atoms. The number of hydrogen-bond donors (Lipinski definition) is 1. The van der Waals surface area contributed by atoms with Crippen molar-refractivity contribution in [3.63, 3.8) is 0 Å². The summed E-state index contributed by atoms with van der Waals surface area (Å²) in [5.41, 5.74) is 4.23. The van der Waals surface area contributed by atoms with Crippen molar-refractivity contribution >= 4 is 11.7 Å². The molecule has 22 heavy (non-hydrogen) atoms. The van der Waals surface area contributed by atoms with Crippen LogP contribution in [0.2, 0.25) is 0 Å². The maximum absolute atomic E-state index is 11.8. The number of nitrogens with zero attached hydrogens (tertiary/aromatic N) is 1. The number of aryl methyl sites for hydroxylation is 2. The Kier molecular flexibility index (Phi) is 4.89. The highest BCUT2D eigenvalue weighted by Gasteiger charge is 2.21. The maximum Gasteiger partial charge on any atom is 0.407 e. The molecule has 0 aliphatic heterocycles. The van der Waals surface area contributed by atoms with Gasteiger partial charge in [0.2, 0.25) is 0 Å². The van der Waals surface area contributed by atoms with Gasteiger partial charge in [-0.05, 0) is 77.2 Å². The molecule has 0 aromatic carbocycles. The second-order valence-corrected chi connectivity index (χ2v) is 6.99. The quantitative estimate of drug-likeness (QED) is 0.892. The van der Waals surface area contributed by atoms with Gasteiger partial charge in [-0.25, -0.2) is 4.79 Å². The van der Waals surface area contributed by atoms with Gasteiger partial charge in [0.15, 0.2) is 0 Å². The first-order valence-electron chi connectivity index (χ1n) is 7.87. The van der Waals surface area contributed by atoms with E-state index < -0.39 is 5.60 Å². The number of allylic oxidation sites excluding steroid dienone is 1. The molecule has 1 unspecified atom stereocenters. The van der Waals surface area contributed by atoms with Crippen LogP contribution in [0.15, 0.2) is 18.2 Å². The smallest absolute Gasteiger partial charge is 0.407 e. The first-order valence-corrected chi connectivity index (χ1v) is 7.87. The minimum atomic E-state index is -0.453. The second-order valence-electron chi connectivity index (χ2n) is 6.99. The van der Waals surface area contributed by atoms with Gasteiger partial charge >= 0.3 is 6.09 Å². The largest absolute Gasteiger partial charge is 0.444 e. The Morgan fingerprint density at radius 1 is 1.27 bits per heavy atom. The van der Waals surface area contributed by atoms with Gasteiger partial charge in [0.25, 0.3) is 0 Å². The molecule has 0 saturated carbocycles. The summed E-state index contributed by atoms with van der Waals surface area (Å²) >= 11 is 0. The molecule has 4 heteroatoms. The Labute approximate surface area is 133 Å². The van der Waals surface area contributed by atoms with Gasteiger partial charge < -0.3 is 10.1 Å². The van der Waals surface area contributed by atoms with Crippen LogP contribution < -0.4 is 5.32 Å². The van der Waals surface area contributed by atoms with Gasteiger partial charge in [-0.2, -0.15) is 0 Å². The fourth-order valence-corrected chi connectivity index (χ4v) is 2.72. The summed E-state index contributed by atoms with van der Waals surface area (Å²) in [6, 6.07) is 4.41. The van der Waals surface area contributed by atoms with E-state index in [1.54, 1.807) is 0 Å². The standard InChI is InChI=1S/C18H26N2O2/c1-12-10-15(11-13(2)19-12)14-6-8-16(9-7-14)20-17(21)22-18(3,4)5/h6,10-11,16H,7-9H2,1-5H3,(H,20,21). The molecule has 0 radical (unpaired) electrons. The van der Waals surface area contributed by atoms with Gasteiger partial charge in [0, 0.05) is 17.4 Å². The van der Waals surface area contributed by atoms with Crippen LogP contribution in [0.4, 0.5) is 4.79 Å². The molecule has 0 spiro atoms. The summed E-state index contributed by atoms with van der Waals surface area (Å²) in [4.78, 5) is 16.2. The van der Waals surface area contributed by atoms with Crippen LogP contribution in [0.25, 0.3) is 5.57 Å². The minimum Gasteiger partial charge on any atom is -0.444 e. The van der Waals surface area contributed by atoms with Gasteiger partial charge in [-0.1, -0.05) is 6.08 Å². The Hall–Kier alpha value is -1.84. The van der Waals surface area contributed by atoms with Gasteiger partial charge in [0.05, 0.1) is 0 Å². The number of nitrogens with one attached hydrogen (secondary N) is 1. The first-order chi connectivity index (χ1) is 10.2. The van der Waals surface area contributed by atoms with Crippen molar-refractivity contribution in [2.75, 3.05) is 0 Å². The van der Waals surface area contributed by atoms with E-state index in [-0.39, 0.29) is 12.1 Å². The topological polar surface area (TPSA) is 51.2 Å². The van der Waals surface area contributed by atoms with Crippen molar-refractivity contribution in [2.24, 2.45) is 0 Å². The minimum absolute atomic E-state index is 0.155. The third-order valence-electron chi connectivity index (χ3n) is 3.58. The molecule has 120 valence electrons. The zero-order valence-corrected chi connectivity index (χ0v) is 14.2. The zero-order chi connectivity index (χ0) is 16.3. The molecule has 1 heterocycles. The predicted octanol–water partition coefficient (Wildman–Crippen LogP) is 4.16. The van der Waals surface area contributed by atoms with E-state index in [4.69, 9.17) is 4.74 Å². The number of amides is 1. The lowest BCUT2D eigenvalue weighted by atomic mass is 9.90. The highest BCUT2D eigenvalue weighted by atomic mass is 16.6. The number of carbonyl (C=O) groups excluding carboxylic acids is 1. The lowest BCUT2D eigenvalue weighted by molar-refractivity contribution is 0.0502. The molecule has 1 amide bonds. The summed E-state index contributed by atoms with van der Waals surface area (Å²) < 4.78 is 5.30. The van der Waals surface area contributed by atoms with Gasteiger partial charge in [-0.3, -0.25) is 4.98 Å².